The topological polar surface area (TPSA) is 192 Å². The Kier molecular flexibility index (Phi) is 6.82. The van der Waals surface area contributed by atoms with Crippen LogP contribution >= 0.6 is 0 Å². The fourth-order valence-corrected chi connectivity index (χ4v) is 5.31. The van der Waals surface area contributed by atoms with Gasteiger partial charge >= 0.3 is 0 Å². The van der Waals surface area contributed by atoms with Gasteiger partial charge in [0, 0.05) is 42.0 Å². The van der Waals surface area contributed by atoms with Gasteiger partial charge in [0.15, 0.2) is 15.7 Å². The number of morpholine rings is 1. The number of hydrogen-bond acceptors (Lipinski definition) is 11. The molecule has 3 amide bonds. The van der Waals surface area contributed by atoms with E-state index in [9.17, 15) is 39.9 Å². The second-order valence-corrected chi connectivity index (χ2v) is 10.7. The lowest BCUT2D eigenvalue weighted by atomic mass is 9.51. The number of nitrogens with one attached hydrogen (secondary N) is 2. The summed E-state index contributed by atoms with van der Waals surface area (Å²) in [6, 6.07) is 11.0. The van der Waals surface area contributed by atoms with Crippen LogP contribution in [0.25, 0.3) is 0 Å². The third-order valence-corrected chi connectivity index (χ3v) is 8.15. The van der Waals surface area contributed by atoms with Crippen molar-refractivity contribution in [2.24, 2.45) is 0 Å². The highest BCUT2D eigenvalue weighted by Gasteiger charge is 2.71. The minimum absolute atomic E-state index is 0.00947. The first-order valence-corrected chi connectivity index (χ1v) is 12.8. The quantitative estimate of drug-likeness (QED) is 0.104. The van der Waals surface area contributed by atoms with Gasteiger partial charge in [-0.3, -0.25) is 29.5 Å². The first-order chi connectivity index (χ1) is 18.7. The van der Waals surface area contributed by atoms with E-state index in [1.807, 2.05) is 5.32 Å². The normalized spacial score (nSPS) is 29.3. The number of anilines is 1. The fraction of sp³-hybridized carbons (Fsp3) is 0.400. The summed E-state index contributed by atoms with van der Waals surface area (Å²) in [6.07, 6.45) is 0. The molecule has 2 fully saturated rings. The molecule has 3 atom stereocenters. The number of nitrogens with zero attached hydrogens (tertiary/aromatic N) is 2. The molecule has 5 rings (SSSR count). The molecule has 0 radical (unpaired) electrons. The van der Waals surface area contributed by atoms with E-state index in [2.05, 4.69) is 10.2 Å². The van der Waals surface area contributed by atoms with Crippen molar-refractivity contribution in [2.45, 2.75) is 35.7 Å². The number of amides is 3. The molecular weight excluding hydrogens is 522 g/mol. The Balaban J connectivity index is 1.39. The third-order valence-electron chi connectivity index (χ3n) is 8.15. The Hall–Kier alpha value is -3.30. The molecule has 3 aliphatic rings. The highest BCUT2D eigenvalue weighted by atomic mass is 16.5. The van der Waals surface area contributed by atoms with E-state index < -0.39 is 46.9 Å². The third kappa shape index (κ3) is 4.30. The van der Waals surface area contributed by atoms with E-state index in [0.717, 1.165) is 34.3 Å². The first kappa shape index (κ1) is 28.2. The van der Waals surface area contributed by atoms with Crippen LogP contribution in [0.1, 0.15) is 27.0 Å². The molecule has 2 aromatic carbocycles. The van der Waals surface area contributed by atoms with E-state index in [-0.39, 0.29) is 22.4 Å². The van der Waals surface area contributed by atoms with Crippen molar-refractivity contribution in [3.63, 3.8) is 0 Å². The number of piperidine rings is 1. The Morgan fingerprint density at radius 2 is 1.62 bits per heavy atom. The zero-order chi connectivity index (χ0) is 29.1. The van der Waals surface area contributed by atoms with Gasteiger partial charge < -0.3 is 35.6 Å². The van der Waals surface area contributed by atoms with Gasteiger partial charge in [-0.15, -0.1) is 0 Å². The van der Waals surface area contributed by atoms with Crippen LogP contribution in [-0.2, 0) is 33.3 Å². The lowest BCUT2D eigenvalue weighted by molar-refractivity contribution is -0.232. The van der Waals surface area contributed by atoms with Crippen molar-refractivity contribution >= 4 is 39.1 Å². The van der Waals surface area contributed by atoms with E-state index in [4.69, 9.17) is 4.74 Å². The number of imide groups is 1. The van der Waals surface area contributed by atoms with Gasteiger partial charge in [-0.1, -0.05) is 30.3 Å². The zero-order valence-electron chi connectivity index (χ0n) is 22.0. The molecule has 0 spiro atoms. The second-order valence-electron chi connectivity index (χ2n) is 10.7. The van der Waals surface area contributed by atoms with Crippen LogP contribution in [0.2, 0.25) is 0 Å². The molecule has 2 saturated heterocycles. The Labute approximate surface area is 231 Å². The molecule has 0 aromatic heterocycles. The van der Waals surface area contributed by atoms with E-state index in [1.165, 1.54) is 18.2 Å². The Morgan fingerprint density at radius 1 is 0.975 bits per heavy atom. The van der Waals surface area contributed by atoms with Crippen LogP contribution in [-0.4, -0.2) is 112 Å². The number of carbonyl (C=O) groups excluding carboxylic acids is 3. The molecule has 3 aliphatic heterocycles. The predicted octanol–water partition coefficient (Wildman–Crippen LogP) is -4.33. The average Bonchev–Trinajstić information content (AvgIpc) is 3.25. The Bertz CT molecular complexity index is 1360. The molecule has 2 aromatic rings. The van der Waals surface area contributed by atoms with Crippen molar-refractivity contribution in [3.05, 3.63) is 64.7 Å². The van der Waals surface area contributed by atoms with Crippen LogP contribution in [0.5, 0.6) is 0 Å². The highest BCUT2D eigenvalue weighted by Crippen LogP contribution is 2.42. The molecule has 3 heterocycles. The summed E-state index contributed by atoms with van der Waals surface area (Å²) in [7, 11) is 1.80. The van der Waals surface area contributed by atoms with Gasteiger partial charge in [0.25, 0.3) is 23.6 Å². The van der Waals surface area contributed by atoms with E-state index in [1.54, 1.807) is 24.3 Å². The van der Waals surface area contributed by atoms with Crippen LogP contribution in [0, 0.1) is 0 Å². The highest BCUT2D eigenvalue weighted by molar-refractivity contribution is 6.39. The molecule has 210 valence electrons. The maximum Gasteiger partial charge on any atom is 0.282 e. The van der Waals surface area contributed by atoms with Crippen LogP contribution in [0.3, 0.4) is 0 Å². The summed E-state index contributed by atoms with van der Waals surface area (Å²) >= 11 is 0. The first-order valence-electron chi connectivity index (χ1n) is 12.8. The molecular formula is C25H30B2N4O9. The summed E-state index contributed by atoms with van der Waals surface area (Å²) in [5, 5.41) is 59.4. The standard InChI is InChI=1S/C25H30B2N4O9/c26-22(35)20(33)28-21(34)23(36,25(22,27)39)31-13-17-16(19(31)32)2-1-3-18(17)29-24(37,38)15-6-4-14(5-7-15)12-30-8-10-40-11-9-30/h1-7,29,35-39H,8-13,26-27H2,(H,28,33,34). The molecule has 3 unspecified atom stereocenters. The molecule has 13 nitrogen and oxygen atoms in total. The van der Waals surface area contributed by atoms with Crippen molar-refractivity contribution in [1.29, 1.82) is 0 Å². The molecule has 0 bridgehead atoms. The summed E-state index contributed by atoms with van der Waals surface area (Å²) in [5.74, 6) is -6.07. The maximum absolute atomic E-state index is 13.4. The van der Waals surface area contributed by atoms with Crippen LogP contribution in [0.4, 0.5) is 5.69 Å². The predicted molar refractivity (Wildman–Crippen MR) is 144 cm³/mol. The van der Waals surface area contributed by atoms with Gasteiger partial charge in [-0.2, -0.15) is 0 Å². The van der Waals surface area contributed by atoms with Gasteiger partial charge in [-0.25, -0.2) is 0 Å². The van der Waals surface area contributed by atoms with Gasteiger partial charge in [0.2, 0.25) is 5.72 Å². The van der Waals surface area contributed by atoms with Crippen molar-refractivity contribution in [3.8, 4) is 0 Å². The van der Waals surface area contributed by atoms with E-state index >= 15 is 0 Å². The largest absolute Gasteiger partial charge is 0.391 e. The van der Waals surface area contributed by atoms with Gasteiger partial charge in [0.05, 0.1) is 19.8 Å². The number of aliphatic hydroxyl groups is 5. The minimum atomic E-state index is -3.04. The monoisotopic (exact) mass is 552 g/mol. The average molecular weight is 552 g/mol. The van der Waals surface area contributed by atoms with E-state index in [0.29, 0.717) is 24.7 Å². The second kappa shape index (κ2) is 9.66. The molecule has 15 heteroatoms. The summed E-state index contributed by atoms with van der Waals surface area (Å²) in [4.78, 5) is 41.2. The zero-order valence-corrected chi connectivity index (χ0v) is 22.0. The number of carbonyl (C=O) groups is 3. The number of benzene rings is 2. The van der Waals surface area contributed by atoms with Crippen LogP contribution < -0.4 is 10.6 Å². The summed E-state index contributed by atoms with van der Waals surface area (Å²) in [6.45, 7) is 3.16. The van der Waals surface area contributed by atoms with Gasteiger partial charge in [0.1, 0.15) is 11.0 Å². The van der Waals surface area contributed by atoms with Crippen molar-refractivity contribution in [1.82, 2.24) is 15.1 Å². The fourth-order valence-electron chi connectivity index (χ4n) is 5.31. The molecule has 7 N–H and O–H groups in total. The lowest BCUT2D eigenvalue weighted by Gasteiger charge is -2.53. The number of hydrogen-bond donors (Lipinski definition) is 7. The number of ether oxygens (including phenoxy) is 1. The number of fused-ring (bicyclic) bond motifs is 1. The molecule has 0 aliphatic carbocycles. The number of rotatable bonds is 6. The molecule has 0 saturated carbocycles. The lowest BCUT2D eigenvalue weighted by Crippen LogP contribution is -2.86. The van der Waals surface area contributed by atoms with Crippen molar-refractivity contribution < 1.29 is 44.7 Å². The molecule has 40 heavy (non-hydrogen) atoms. The van der Waals surface area contributed by atoms with Gasteiger partial charge in [-0.05, 0) is 17.7 Å². The summed E-state index contributed by atoms with van der Waals surface area (Å²) in [5.41, 5.74) is -7.06. The Morgan fingerprint density at radius 3 is 2.27 bits per heavy atom. The minimum Gasteiger partial charge on any atom is -0.391 e. The smallest absolute Gasteiger partial charge is 0.282 e. The van der Waals surface area contributed by atoms with Crippen LogP contribution in [0.15, 0.2) is 42.5 Å². The maximum atomic E-state index is 13.4. The SMILES string of the molecule is BC1(O)C(=O)NC(=O)C(O)(N2Cc3c(NC(O)(O)c4ccc(CN5CCOCC5)cc4)cccc3C2=O)C1(B)O. The summed E-state index contributed by atoms with van der Waals surface area (Å²) < 4.78 is 5.36. The van der Waals surface area contributed by atoms with Crippen molar-refractivity contribution in [2.75, 3.05) is 31.6 Å².